The largest absolute Gasteiger partial charge is 0.340 e. The molecule has 0 N–H and O–H groups in total. The summed E-state index contributed by atoms with van der Waals surface area (Å²) in [7, 11) is 1.87. The first-order valence-electron chi connectivity index (χ1n) is 9.38. The molecule has 1 aliphatic rings. The maximum atomic E-state index is 13.0. The molecule has 1 aromatic carbocycles. The zero-order valence-electron chi connectivity index (χ0n) is 15.7. The first kappa shape index (κ1) is 17.9. The van der Waals surface area contributed by atoms with Crippen molar-refractivity contribution in [3.05, 3.63) is 71.9 Å². The maximum Gasteiger partial charge on any atom is 0.274 e. The molecular weight excluding hydrogens is 350 g/mol. The van der Waals surface area contributed by atoms with E-state index >= 15 is 0 Å². The highest BCUT2D eigenvalue weighted by Crippen LogP contribution is 2.28. The van der Waals surface area contributed by atoms with Gasteiger partial charge in [0.1, 0.15) is 5.69 Å². The fourth-order valence-corrected chi connectivity index (χ4v) is 3.38. The van der Waals surface area contributed by atoms with Crippen LogP contribution in [-0.4, -0.2) is 31.4 Å². The third kappa shape index (κ3) is 3.65. The van der Waals surface area contributed by atoms with E-state index in [9.17, 15) is 4.79 Å². The molecule has 140 valence electrons. The zero-order valence-corrected chi connectivity index (χ0v) is 15.7. The summed E-state index contributed by atoms with van der Waals surface area (Å²) in [6.07, 6.45) is 8.42. The number of hydrogen-bond acceptors (Lipinski definition) is 4. The van der Waals surface area contributed by atoms with Gasteiger partial charge in [-0.25, -0.2) is 4.98 Å². The molecule has 0 bridgehead atoms. The van der Waals surface area contributed by atoms with Crippen LogP contribution in [0, 0.1) is 11.3 Å². The number of carbonyl (C=O) groups is 1. The number of aryl methyl sites for hydroxylation is 1. The van der Waals surface area contributed by atoms with Crippen LogP contribution in [0.4, 0.5) is 0 Å². The summed E-state index contributed by atoms with van der Waals surface area (Å²) in [5.41, 5.74) is 3.92. The Morgan fingerprint density at radius 2 is 2.04 bits per heavy atom. The number of pyridine rings is 1. The number of imidazole rings is 1. The van der Waals surface area contributed by atoms with Gasteiger partial charge in [0.2, 0.25) is 0 Å². The van der Waals surface area contributed by atoms with Gasteiger partial charge in [0.15, 0.2) is 0 Å². The van der Waals surface area contributed by atoms with Crippen molar-refractivity contribution < 1.29 is 4.79 Å². The van der Waals surface area contributed by atoms with Crippen LogP contribution in [0.3, 0.4) is 0 Å². The van der Waals surface area contributed by atoms with Gasteiger partial charge in [-0.05, 0) is 49.1 Å². The molecule has 0 aliphatic heterocycles. The average Bonchev–Trinajstić information content (AvgIpc) is 3.12. The lowest BCUT2D eigenvalue weighted by atomic mass is 9.90. The normalized spacial score (nSPS) is 13.6. The van der Waals surface area contributed by atoms with Gasteiger partial charge < -0.3 is 9.47 Å². The van der Waals surface area contributed by atoms with E-state index in [1.807, 2.05) is 36.2 Å². The van der Waals surface area contributed by atoms with Gasteiger partial charge >= 0.3 is 0 Å². The van der Waals surface area contributed by atoms with Gasteiger partial charge in [0, 0.05) is 37.6 Å². The molecular formula is C22H21N5O. The maximum absolute atomic E-state index is 13.0. The Balaban J connectivity index is 1.58. The summed E-state index contributed by atoms with van der Waals surface area (Å²) in [5, 5.41) is 8.96. The lowest BCUT2D eigenvalue weighted by Crippen LogP contribution is -2.43. The molecule has 6 nitrogen and oxygen atoms in total. The van der Waals surface area contributed by atoms with Gasteiger partial charge in [0.05, 0.1) is 23.7 Å². The minimum absolute atomic E-state index is 0.0259. The molecule has 0 unspecified atom stereocenters. The molecule has 6 heteroatoms. The van der Waals surface area contributed by atoms with E-state index in [0.29, 0.717) is 17.8 Å². The number of nitriles is 1. The Morgan fingerprint density at radius 1 is 1.25 bits per heavy atom. The van der Waals surface area contributed by atoms with E-state index < -0.39 is 0 Å². The Bertz CT molecular complexity index is 1030. The quantitative estimate of drug-likeness (QED) is 0.687. The Morgan fingerprint density at radius 3 is 2.64 bits per heavy atom. The minimum Gasteiger partial charge on any atom is -0.340 e. The Kier molecular flexibility index (Phi) is 4.90. The summed E-state index contributed by atoms with van der Waals surface area (Å²) in [5.74, 6) is -0.0259. The van der Waals surface area contributed by atoms with E-state index in [1.165, 1.54) is 0 Å². The molecule has 1 fully saturated rings. The highest BCUT2D eigenvalue weighted by molar-refractivity contribution is 5.92. The van der Waals surface area contributed by atoms with Crippen molar-refractivity contribution in [2.75, 3.05) is 0 Å². The van der Waals surface area contributed by atoms with Gasteiger partial charge in [-0.2, -0.15) is 5.26 Å². The smallest absolute Gasteiger partial charge is 0.274 e. The second kappa shape index (κ2) is 7.65. The molecule has 28 heavy (non-hydrogen) atoms. The third-order valence-electron chi connectivity index (χ3n) is 5.19. The predicted octanol–water partition coefficient (Wildman–Crippen LogP) is 3.55. The molecule has 4 rings (SSSR count). The summed E-state index contributed by atoms with van der Waals surface area (Å²) in [6.45, 7) is 0.534. The monoisotopic (exact) mass is 371 g/mol. The summed E-state index contributed by atoms with van der Waals surface area (Å²) in [6, 6.07) is 13.7. The second-order valence-electron chi connectivity index (χ2n) is 7.18. The van der Waals surface area contributed by atoms with Crippen molar-refractivity contribution >= 4 is 5.91 Å². The Labute approximate surface area is 164 Å². The molecule has 0 saturated heterocycles. The molecule has 2 aromatic heterocycles. The highest BCUT2D eigenvalue weighted by Gasteiger charge is 2.30. The van der Waals surface area contributed by atoms with Crippen LogP contribution < -0.4 is 0 Å². The van der Waals surface area contributed by atoms with E-state index in [0.717, 1.165) is 36.1 Å². The zero-order chi connectivity index (χ0) is 19.5. The number of aromatic nitrogens is 3. The summed E-state index contributed by atoms with van der Waals surface area (Å²) < 4.78 is 1.79. The van der Waals surface area contributed by atoms with Gasteiger partial charge in [-0.1, -0.05) is 12.1 Å². The van der Waals surface area contributed by atoms with Gasteiger partial charge in [-0.15, -0.1) is 0 Å². The fraction of sp³-hybridized carbons (Fsp3) is 0.273. The van der Waals surface area contributed by atoms with Crippen LogP contribution in [0.1, 0.15) is 40.9 Å². The van der Waals surface area contributed by atoms with Crippen LogP contribution in [0.5, 0.6) is 0 Å². The van der Waals surface area contributed by atoms with Crippen molar-refractivity contribution in [3.63, 3.8) is 0 Å². The van der Waals surface area contributed by atoms with Crippen LogP contribution in [0.25, 0.3) is 11.3 Å². The van der Waals surface area contributed by atoms with Gasteiger partial charge in [0.25, 0.3) is 5.91 Å². The molecule has 1 amide bonds. The molecule has 0 radical (unpaired) electrons. The minimum atomic E-state index is -0.0259. The SMILES string of the molecule is Cn1cnc(C(=O)N(Cc2ccnc(-c3ccc(C#N)cc3)c2)C2CCC2)c1. The van der Waals surface area contributed by atoms with Crippen molar-refractivity contribution in [1.29, 1.82) is 5.26 Å². The Hall–Kier alpha value is -3.46. The van der Waals surface area contributed by atoms with E-state index in [1.54, 1.807) is 35.4 Å². The van der Waals surface area contributed by atoms with E-state index in [-0.39, 0.29) is 11.9 Å². The van der Waals surface area contributed by atoms with E-state index in [2.05, 4.69) is 16.0 Å². The first-order chi connectivity index (χ1) is 13.6. The predicted molar refractivity (Wildman–Crippen MR) is 105 cm³/mol. The average molecular weight is 371 g/mol. The number of rotatable bonds is 5. The second-order valence-corrected chi connectivity index (χ2v) is 7.18. The van der Waals surface area contributed by atoms with Gasteiger partial charge in [-0.3, -0.25) is 9.78 Å². The number of carbonyl (C=O) groups excluding carboxylic acids is 1. The molecule has 2 heterocycles. The fourth-order valence-electron chi connectivity index (χ4n) is 3.38. The summed E-state index contributed by atoms with van der Waals surface area (Å²) >= 11 is 0. The number of nitrogens with zero attached hydrogens (tertiary/aromatic N) is 5. The van der Waals surface area contributed by atoms with Crippen molar-refractivity contribution in [3.8, 4) is 17.3 Å². The molecule has 1 aliphatic carbocycles. The first-order valence-corrected chi connectivity index (χ1v) is 9.38. The molecule has 0 atom stereocenters. The van der Waals surface area contributed by atoms with Crippen molar-refractivity contribution in [2.24, 2.45) is 7.05 Å². The van der Waals surface area contributed by atoms with Crippen molar-refractivity contribution in [2.45, 2.75) is 31.8 Å². The van der Waals surface area contributed by atoms with Crippen LogP contribution >= 0.6 is 0 Å². The van der Waals surface area contributed by atoms with Crippen LogP contribution in [-0.2, 0) is 13.6 Å². The number of benzene rings is 1. The van der Waals surface area contributed by atoms with Crippen LogP contribution in [0.2, 0.25) is 0 Å². The van der Waals surface area contributed by atoms with Crippen LogP contribution in [0.15, 0.2) is 55.1 Å². The lowest BCUT2D eigenvalue weighted by molar-refractivity contribution is 0.0551. The third-order valence-corrected chi connectivity index (χ3v) is 5.19. The summed E-state index contributed by atoms with van der Waals surface area (Å²) in [4.78, 5) is 23.6. The lowest BCUT2D eigenvalue weighted by Gasteiger charge is -2.37. The number of amides is 1. The number of hydrogen-bond donors (Lipinski definition) is 0. The molecule has 1 saturated carbocycles. The molecule has 3 aromatic rings. The standard InChI is InChI=1S/C22H21N5O/c1-26-14-21(25-15-26)22(28)27(19-3-2-4-19)13-17-9-10-24-20(11-17)18-7-5-16(12-23)6-8-18/h5-11,14-15,19H,2-4,13H2,1H3. The topological polar surface area (TPSA) is 74.8 Å². The van der Waals surface area contributed by atoms with E-state index in [4.69, 9.17) is 5.26 Å². The highest BCUT2D eigenvalue weighted by atomic mass is 16.2. The molecule has 0 spiro atoms. The van der Waals surface area contributed by atoms with Crippen molar-refractivity contribution in [1.82, 2.24) is 19.4 Å².